The summed E-state index contributed by atoms with van der Waals surface area (Å²) >= 11 is 0. The molecule has 0 aliphatic carbocycles. The number of hydrogen-bond acceptors (Lipinski definition) is 4. The molecule has 0 aliphatic heterocycles. The van der Waals surface area contributed by atoms with Gasteiger partial charge < -0.3 is 15.8 Å². The van der Waals surface area contributed by atoms with E-state index in [1.165, 1.54) is 7.11 Å². The quantitative estimate of drug-likeness (QED) is 0.665. The molecule has 94 valence electrons. The van der Waals surface area contributed by atoms with E-state index in [2.05, 4.69) is 10.1 Å². The standard InChI is InChI=1S/C11H22N2O3/c1-7(8(2)12)9(14)13-6-11(3,4)10(15)16-5/h7-8H,6,12H2,1-5H3,(H,13,14). The zero-order chi connectivity index (χ0) is 12.9. The highest BCUT2D eigenvalue weighted by Gasteiger charge is 2.30. The lowest BCUT2D eigenvalue weighted by Gasteiger charge is -2.23. The van der Waals surface area contributed by atoms with Crippen LogP contribution in [0.25, 0.3) is 0 Å². The number of nitrogens with one attached hydrogen (secondary N) is 1. The van der Waals surface area contributed by atoms with Crippen LogP contribution in [0, 0.1) is 11.3 Å². The third-order valence-electron chi connectivity index (χ3n) is 2.64. The van der Waals surface area contributed by atoms with E-state index in [1.807, 2.05) is 0 Å². The molecule has 0 bridgehead atoms. The van der Waals surface area contributed by atoms with Crippen molar-refractivity contribution in [3.63, 3.8) is 0 Å². The molecule has 0 rings (SSSR count). The van der Waals surface area contributed by atoms with E-state index < -0.39 is 5.41 Å². The van der Waals surface area contributed by atoms with Gasteiger partial charge in [-0.05, 0) is 20.8 Å². The van der Waals surface area contributed by atoms with Crippen LogP contribution < -0.4 is 11.1 Å². The maximum atomic E-state index is 11.6. The summed E-state index contributed by atoms with van der Waals surface area (Å²) in [5.41, 5.74) is 4.89. The second kappa shape index (κ2) is 5.84. The summed E-state index contributed by atoms with van der Waals surface area (Å²) in [7, 11) is 1.33. The van der Waals surface area contributed by atoms with Gasteiger partial charge in [-0.25, -0.2) is 0 Å². The molecule has 0 aromatic rings. The highest BCUT2D eigenvalue weighted by Crippen LogP contribution is 2.15. The molecule has 16 heavy (non-hydrogen) atoms. The number of carbonyl (C=O) groups is 2. The van der Waals surface area contributed by atoms with E-state index >= 15 is 0 Å². The molecule has 2 atom stereocenters. The van der Waals surface area contributed by atoms with Crippen molar-refractivity contribution in [1.29, 1.82) is 0 Å². The fourth-order valence-corrected chi connectivity index (χ4v) is 1.06. The van der Waals surface area contributed by atoms with Crippen molar-refractivity contribution in [3.8, 4) is 0 Å². The zero-order valence-electron chi connectivity index (χ0n) is 10.7. The number of amides is 1. The van der Waals surface area contributed by atoms with Gasteiger partial charge in [-0.2, -0.15) is 0 Å². The second-order valence-corrected chi connectivity index (χ2v) is 4.74. The average molecular weight is 230 g/mol. The Bertz CT molecular complexity index is 262. The molecular formula is C11H22N2O3. The summed E-state index contributed by atoms with van der Waals surface area (Å²) in [6.07, 6.45) is 0. The lowest BCUT2D eigenvalue weighted by molar-refractivity contribution is -0.150. The number of ether oxygens (including phenoxy) is 1. The highest BCUT2D eigenvalue weighted by atomic mass is 16.5. The van der Waals surface area contributed by atoms with Crippen LogP contribution in [0.15, 0.2) is 0 Å². The molecule has 5 nitrogen and oxygen atoms in total. The van der Waals surface area contributed by atoms with E-state index in [9.17, 15) is 9.59 Å². The van der Waals surface area contributed by atoms with Crippen molar-refractivity contribution >= 4 is 11.9 Å². The Hall–Kier alpha value is -1.10. The van der Waals surface area contributed by atoms with Crippen LogP contribution in [0.1, 0.15) is 27.7 Å². The Morgan fingerprint density at radius 2 is 1.88 bits per heavy atom. The van der Waals surface area contributed by atoms with Gasteiger partial charge in [-0.3, -0.25) is 9.59 Å². The lowest BCUT2D eigenvalue weighted by Crippen LogP contribution is -2.44. The van der Waals surface area contributed by atoms with Gasteiger partial charge in [0.05, 0.1) is 12.5 Å². The Kier molecular flexibility index (Phi) is 5.44. The van der Waals surface area contributed by atoms with Gasteiger partial charge in [-0.1, -0.05) is 6.92 Å². The first-order valence-electron chi connectivity index (χ1n) is 5.34. The molecule has 3 N–H and O–H groups in total. The number of carbonyl (C=O) groups excluding carboxylic acids is 2. The van der Waals surface area contributed by atoms with Crippen LogP contribution in [0.3, 0.4) is 0 Å². The van der Waals surface area contributed by atoms with Gasteiger partial charge in [0.2, 0.25) is 5.91 Å². The van der Waals surface area contributed by atoms with E-state index in [0.29, 0.717) is 0 Å². The molecule has 0 aliphatic rings. The molecule has 0 spiro atoms. The highest BCUT2D eigenvalue weighted by molar-refractivity contribution is 5.81. The van der Waals surface area contributed by atoms with Crippen molar-refractivity contribution in [1.82, 2.24) is 5.32 Å². The summed E-state index contributed by atoms with van der Waals surface area (Å²) in [4.78, 5) is 23.0. The van der Waals surface area contributed by atoms with Gasteiger partial charge in [0.1, 0.15) is 0 Å². The molecule has 0 radical (unpaired) electrons. The lowest BCUT2D eigenvalue weighted by atomic mass is 9.93. The summed E-state index contributed by atoms with van der Waals surface area (Å²) < 4.78 is 4.64. The normalized spacial score (nSPS) is 15.1. The number of methoxy groups -OCH3 is 1. The largest absolute Gasteiger partial charge is 0.469 e. The van der Waals surface area contributed by atoms with Gasteiger partial charge in [0.25, 0.3) is 0 Å². The van der Waals surface area contributed by atoms with Gasteiger partial charge in [-0.15, -0.1) is 0 Å². The average Bonchev–Trinajstić information content (AvgIpc) is 2.23. The van der Waals surface area contributed by atoms with E-state index in [1.54, 1.807) is 27.7 Å². The molecule has 5 heteroatoms. The Labute approximate surface area is 96.7 Å². The van der Waals surface area contributed by atoms with E-state index in [4.69, 9.17) is 5.73 Å². The SMILES string of the molecule is COC(=O)C(C)(C)CNC(=O)C(C)C(C)N. The molecule has 0 fully saturated rings. The topological polar surface area (TPSA) is 81.4 Å². The van der Waals surface area contributed by atoms with Crippen LogP contribution in [-0.2, 0) is 14.3 Å². The first kappa shape index (κ1) is 14.9. The van der Waals surface area contributed by atoms with Crippen LogP contribution in [0.4, 0.5) is 0 Å². The summed E-state index contributed by atoms with van der Waals surface area (Å²) in [5, 5.41) is 2.70. The predicted octanol–water partition coefficient (Wildman–Crippen LogP) is 0.285. The van der Waals surface area contributed by atoms with Gasteiger partial charge in [0, 0.05) is 18.5 Å². The van der Waals surface area contributed by atoms with E-state index in [0.717, 1.165) is 0 Å². The zero-order valence-corrected chi connectivity index (χ0v) is 10.7. The Balaban J connectivity index is 4.25. The molecule has 0 aromatic heterocycles. The van der Waals surface area contributed by atoms with Crippen LogP contribution in [-0.4, -0.2) is 31.6 Å². The third-order valence-corrected chi connectivity index (χ3v) is 2.64. The van der Waals surface area contributed by atoms with Crippen LogP contribution >= 0.6 is 0 Å². The van der Waals surface area contributed by atoms with Gasteiger partial charge >= 0.3 is 5.97 Å². The molecule has 0 aromatic carbocycles. The second-order valence-electron chi connectivity index (χ2n) is 4.74. The minimum atomic E-state index is -0.720. The molecular weight excluding hydrogens is 208 g/mol. The molecule has 0 heterocycles. The van der Waals surface area contributed by atoms with E-state index in [-0.39, 0.29) is 30.4 Å². The molecule has 2 unspecified atom stereocenters. The minimum absolute atomic E-state index is 0.146. The number of esters is 1. The predicted molar refractivity (Wildman–Crippen MR) is 61.6 cm³/mol. The number of hydrogen-bond donors (Lipinski definition) is 2. The summed E-state index contributed by atoms with van der Waals surface area (Å²) in [5.74, 6) is -0.762. The summed E-state index contributed by atoms with van der Waals surface area (Å²) in [6, 6.07) is -0.207. The fourth-order valence-electron chi connectivity index (χ4n) is 1.06. The Morgan fingerprint density at radius 3 is 2.25 bits per heavy atom. The molecule has 1 amide bonds. The van der Waals surface area contributed by atoms with Gasteiger partial charge in [0.15, 0.2) is 0 Å². The van der Waals surface area contributed by atoms with Crippen molar-refractivity contribution in [2.45, 2.75) is 33.7 Å². The van der Waals surface area contributed by atoms with Crippen LogP contribution in [0.2, 0.25) is 0 Å². The van der Waals surface area contributed by atoms with Crippen molar-refractivity contribution < 1.29 is 14.3 Å². The minimum Gasteiger partial charge on any atom is -0.469 e. The van der Waals surface area contributed by atoms with Crippen molar-refractivity contribution in [2.75, 3.05) is 13.7 Å². The van der Waals surface area contributed by atoms with Crippen molar-refractivity contribution in [3.05, 3.63) is 0 Å². The number of rotatable bonds is 5. The first-order chi connectivity index (χ1) is 7.22. The van der Waals surface area contributed by atoms with Crippen molar-refractivity contribution in [2.24, 2.45) is 17.1 Å². The first-order valence-corrected chi connectivity index (χ1v) is 5.34. The molecule has 0 saturated carbocycles. The summed E-state index contributed by atoms with van der Waals surface area (Å²) in [6.45, 7) is 7.21. The maximum Gasteiger partial charge on any atom is 0.313 e. The number of nitrogens with two attached hydrogens (primary N) is 1. The smallest absolute Gasteiger partial charge is 0.313 e. The monoisotopic (exact) mass is 230 g/mol. The van der Waals surface area contributed by atoms with Crippen LogP contribution in [0.5, 0.6) is 0 Å². The molecule has 0 saturated heterocycles. The Morgan fingerprint density at radius 1 is 1.38 bits per heavy atom. The maximum absolute atomic E-state index is 11.6. The fraction of sp³-hybridized carbons (Fsp3) is 0.818. The third kappa shape index (κ3) is 4.18.